The molecule has 0 aliphatic rings. The Morgan fingerprint density at radius 3 is 2.35 bits per heavy atom. The van der Waals surface area contributed by atoms with Crippen molar-refractivity contribution in [3.63, 3.8) is 0 Å². The van der Waals surface area contributed by atoms with Crippen molar-refractivity contribution >= 4 is 11.8 Å². The second-order valence-electron chi connectivity index (χ2n) is 3.50. The number of carbonyl (C=O) groups is 2. The van der Waals surface area contributed by atoms with E-state index < -0.39 is 29.4 Å². The lowest BCUT2D eigenvalue weighted by Crippen LogP contribution is -2.21. The highest BCUT2D eigenvalue weighted by Crippen LogP contribution is 2.29. The molecule has 0 aliphatic heterocycles. The smallest absolute Gasteiger partial charge is 0.416 e. The van der Waals surface area contributed by atoms with E-state index in [1.807, 2.05) is 0 Å². The standard InChI is InChI=1S/C11H9F3O3/c1-6(10(16)17)9(15)7-3-2-4-8(5-7)11(12,13)14/h2-6H,1H3,(H,16,17)/t6-/m0/s1. The molecule has 1 atom stereocenters. The van der Waals surface area contributed by atoms with E-state index in [0.29, 0.717) is 6.07 Å². The fourth-order valence-electron chi connectivity index (χ4n) is 1.21. The van der Waals surface area contributed by atoms with Crippen molar-refractivity contribution in [1.29, 1.82) is 0 Å². The largest absolute Gasteiger partial charge is 0.481 e. The van der Waals surface area contributed by atoms with Crippen LogP contribution in [-0.4, -0.2) is 16.9 Å². The van der Waals surface area contributed by atoms with Crippen molar-refractivity contribution in [2.24, 2.45) is 5.92 Å². The van der Waals surface area contributed by atoms with E-state index in [4.69, 9.17) is 5.11 Å². The molecule has 1 N–H and O–H groups in total. The van der Waals surface area contributed by atoms with Crippen molar-refractivity contribution in [2.45, 2.75) is 13.1 Å². The zero-order valence-corrected chi connectivity index (χ0v) is 8.78. The predicted octanol–water partition coefficient (Wildman–Crippen LogP) is 2.61. The summed E-state index contributed by atoms with van der Waals surface area (Å²) in [6.45, 7) is 1.13. The number of carbonyl (C=O) groups excluding carboxylic acids is 1. The summed E-state index contributed by atoms with van der Waals surface area (Å²) in [6, 6.07) is 3.71. The summed E-state index contributed by atoms with van der Waals surface area (Å²) in [5.41, 5.74) is -1.23. The first-order valence-electron chi connectivity index (χ1n) is 4.67. The van der Waals surface area contributed by atoms with Gasteiger partial charge in [-0.1, -0.05) is 12.1 Å². The Balaban J connectivity index is 3.08. The molecule has 0 saturated carbocycles. The van der Waals surface area contributed by atoms with E-state index in [0.717, 1.165) is 25.1 Å². The highest BCUT2D eigenvalue weighted by Gasteiger charge is 2.31. The topological polar surface area (TPSA) is 54.4 Å². The van der Waals surface area contributed by atoms with Crippen LogP contribution < -0.4 is 0 Å². The van der Waals surface area contributed by atoms with Crippen molar-refractivity contribution in [2.75, 3.05) is 0 Å². The average molecular weight is 246 g/mol. The van der Waals surface area contributed by atoms with Crippen LogP contribution in [0, 0.1) is 5.92 Å². The molecular weight excluding hydrogens is 237 g/mol. The minimum atomic E-state index is -4.55. The number of rotatable bonds is 3. The van der Waals surface area contributed by atoms with E-state index in [1.54, 1.807) is 0 Å². The van der Waals surface area contributed by atoms with Crippen molar-refractivity contribution in [3.05, 3.63) is 35.4 Å². The maximum atomic E-state index is 12.4. The van der Waals surface area contributed by atoms with Gasteiger partial charge in [0.1, 0.15) is 5.92 Å². The van der Waals surface area contributed by atoms with Gasteiger partial charge in [-0.25, -0.2) is 0 Å². The Kier molecular flexibility index (Phi) is 3.55. The number of carboxylic acids is 1. The Bertz CT molecular complexity index is 452. The Morgan fingerprint density at radius 2 is 1.88 bits per heavy atom. The Labute approximate surface area is 94.9 Å². The van der Waals surface area contributed by atoms with E-state index in [2.05, 4.69) is 0 Å². The molecule has 1 aromatic carbocycles. The predicted molar refractivity (Wildman–Crippen MR) is 52.6 cm³/mol. The number of hydrogen-bond donors (Lipinski definition) is 1. The minimum absolute atomic E-state index is 0.255. The van der Waals surface area contributed by atoms with Gasteiger partial charge in [0.05, 0.1) is 5.56 Å². The van der Waals surface area contributed by atoms with Gasteiger partial charge in [0.2, 0.25) is 0 Å². The molecular formula is C11H9F3O3. The number of carboxylic acid groups (broad SMARTS) is 1. The number of ketones is 1. The average Bonchev–Trinajstić information content (AvgIpc) is 2.26. The van der Waals surface area contributed by atoms with Crippen molar-refractivity contribution in [3.8, 4) is 0 Å². The van der Waals surface area contributed by atoms with Gasteiger partial charge in [-0.3, -0.25) is 9.59 Å². The van der Waals surface area contributed by atoms with Gasteiger partial charge in [0, 0.05) is 5.56 Å². The number of aliphatic carboxylic acids is 1. The summed E-state index contributed by atoms with van der Waals surface area (Å²) < 4.78 is 37.1. The van der Waals surface area contributed by atoms with Crippen LogP contribution >= 0.6 is 0 Å². The first-order chi connectivity index (χ1) is 7.73. The number of Topliss-reactive ketones (excluding diaryl/α,β-unsaturated/α-hetero) is 1. The first kappa shape index (κ1) is 13.2. The number of alkyl halides is 3. The van der Waals surface area contributed by atoms with Crippen molar-refractivity contribution in [1.82, 2.24) is 0 Å². The molecule has 0 amide bonds. The maximum absolute atomic E-state index is 12.4. The van der Waals surface area contributed by atoms with Gasteiger partial charge in [-0.05, 0) is 19.1 Å². The number of benzene rings is 1. The lowest BCUT2D eigenvalue weighted by atomic mass is 9.98. The molecule has 0 heterocycles. The summed E-state index contributed by atoms with van der Waals surface area (Å²) >= 11 is 0. The minimum Gasteiger partial charge on any atom is -0.481 e. The summed E-state index contributed by atoms with van der Waals surface area (Å²) in [5.74, 6) is -3.57. The quantitative estimate of drug-likeness (QED) is 0.658. The first-order valence-corrected chi connectivity index (χ1v) is 4.67. The SMILES string of the molecule is C[C@H](C(=O)O)C(=O)c1cccc(C(F)(F)F)c1. The summed E-state index contributed by atoms with van der Waals surface area (Å²) in [7, 11) is 0. The van der Waals surface area contributed by atoms with Crippen LogP contribution in [0.5, 0.6) is 0 Å². The molecule has 1 rings (SSSR count). The molecule has 0 bridgehead atoms. The van der Waals surface area contributed by atoms with Gasteiger partial charge < -0.3 is 5.11 Å². The second-order valence-corrected chi connectivity index (χ2v) is 3.50. The molecule has 92 valence electrons. The van der Waals surface area contributed by atoms with E-state index in [-0.39, 0.29) is 5.56 Å². The van der Waals surface area contributed by atoms with Gasteiger partial charge in [-0.2, -0.15) is 13.2 Å². The second kappa shape index (κ2) is 4.57. The van der Waals surface area contributed by atoms with Crippen molar-refractivity contribution < 1.29 is 27.9 Å². The molecule has 0 spiro atoms. The van der Waals surface area contributed by atoms with E-state index >= 15 is 0 Å². The van der Waals surface area contributed by atoms with Gasteiger partial charge >= 0.3 is 12.1 Å². The zero-order valence-electron chi connectivity index (χ0n) is 8.78. The molecule has 6 heteroatoms. The van der Waals surface area contributed by atoms with E-state index in [9.17, 15) is 22.8 Å². The lowest BCUT2D eigenvalue weighted by molar-refractivity contribution is -0.139. The van der Waals surface area contributed by atoms with Gasteiger partial charge in [0.25, 0.3) is 0 Å². The molecule has 0 aliphatic carbocycles. The summed E-state index contributed by atoms with van der Waals surface area (Å²) in [5, 5.41) is 8.60. The highest BCUT2D eigenvalue weighted by atomic mass is 19.4. The molecule has 0 saturated heterocycles. The van der Waals surface area contributed by atoms with Crippen LogP contribution in [0.25, 0.3) is 0 Å². The van der Waals surface area contributed by atoms with E-state index in [1.165, 1.54) is 0 Å². The third-order valence-corrected chi connectivity index (χ3v) is 2.24. The molecule has 17 heavy (non-hydrogen) atoms. The highest BCUT2D eigenvalue weighted by molar-refractivity contribution is 6.07. The monoisotopic (exact) mass is 246 g/mol. The number of hydrogen-bond acceptors (Lipinski definition) is 2. The van der Waals surface area contributed by atoms with Crippen LogP contribution in [-0.2, 0) is 11.0 Å². The molecule has 0 fully saturated rings. The van der Waals surface area contributed by atoms with Crippen LogP contribution in [0.15, 0.2) is 24.3 Å². The third kappa shape index (κ3) is 3.05. The lowest BCUT2D eigenvalue weighted by Gasteiger charge is -2.09. The molecule has 0 radical (unpaired) electrons. The normalized spacial score (nSPS) is 13.2. The summed E-state index contributed by atoms with van der Waals surface area (Å²) in [4.78, 5) is 22.1. The maximum Gasteiger partial charge on any atom is 0.416 e. The Morgan fingerprint density at radius 1 is 1.29 bits per heavy atom. The fourth-order valence-corrected chi connectivity index (χ4v) is 1.21. The fraction of sp³-hybridized carbons (Fsp3) is 0.273. The molecule has 1 aromatic rings. The molecule has 0 unspecified atom stereocenters. The van der Waals surface area contributed by atoms with Gasteiger partial charge in [-0.15, -0.1) is 0 Å². The Hall–Kier alpha value is -1.85. The third-order valence-electron chi connectivity index (χ3n) is 2.24. The summed E-state index contributed by atoms with van der Waals surface area (Å²) in [6.07, 6.45) is -4.55. The van der Waals surface area contributed by atoms with Crippen LogP contribution in [0.1, 0.15) is 22.8 Å². The number of halogens is 3. The van der Waals surface area contributed by atoms with Crippen LogP contribution in [0.3, 0.4) is 0 Å². The molecule has 3 nitrogen and oxygen atoms in total. The van der Waals surface area contributed by atoms with Crippen LogP contribution in [0.2, 0.25) is 0 Å². The van der Waals surface area contributed by atoms with Crippen LogP contribution in [0.4, 0.5) is 13.2 Å². The zero-order chi connectivity index (χ0) is 13.2. The van der Waals surface area contributed by atoms with Gasteiger partial charge in [0.15, 0.2) is 5.78 Å². The molecule has 0 aromatic heterocycles.